The highest BCUT2D eigenvalue weighted by atomic mass is 16.5. The first-order valence-corrected chi connectivity index (χ1v) is 12.2. The van der Waals surface area contributed by atoms with Gasteiger partial charge in [0.15, 0.2) is 0 Å². The topological polar surface area (TPSA) is 18.5 Å². The van der Waals surface area contributed by atoms with Crippen LogP contribution < -0.4 is 4.74 Å². The highest BCUT2D eigenvalue weighted by Gasteiger charge is 2.50. The van der Waals surface area contributed by atoms with Gasteiger partial charge in [-0.2, -0.15) is 0 Å². The quantitative estimate of drug-likeness (QED) is 0.409. The Morgan fingerprint density at radius 1 is 1.03 bits per heavy atom. The van der Waals surface area contributed by atoms with Gasteiger partial charge in [0.2, 0.25) is 0 Å². The van der Waals surface area contributed by atoms with E-state index in [1.807, 2.05) is 0 Å². The zero-order chi connectivity index (χ0) is 22.3. The van der Waals surface area contributed by atoms with E-state index in [2.05, 4.69) is 67.5 Å². The Labute approximate surface area is 186 Å². The van der Waals surface area contributed by atoms with E-state index in [1.165, 1.54) is 42.4 Å². The van der Waals surface area contributed by atoms with Gasteiger partial charge in [-0.3, -0.25) is 0 Å². The van der Waals surface area contributed by atoms with Gasteiger partial charge in [-0.05, 0) is 89.4 Å². The second-order valence-corrected chi connectivity index (χ2v) is 12.1. The van der Waals surface area contributed by atoms with Crippen molar-refractivity contribution in [1.29, 1.82) is 0 Å². The van der Waals surface area contributed by atoms with Crippen LogP contribution in [0.2, 0.25) is 0 Å². The summed E-state index contributed by atoms with van der Waals surface area (Å²) in [5, 5.41) is 0. The van der Waals surface area contributed by atoms with Crippen molar-refractivity contribution in [3.8, 4) is 5.75 Å². The minimum absolute atomic E-state index is 0.150. The summed E-state index contributed by atoms with van der Waals surface area (Å²) in [7, 11) is 1.75. The van der Waals surface area contributed by atoms with Crippen molar-refractivity contribution in [2.24, 2.45) is 29.1 Å². The number of hydrogen-bond acceptors (Lipinski definition) is 2. The predicted octanol–water partition coefficient (Wildman–Crippen LogP) is 7.52. The third kappa shape index (κ3) is 4.74. The average molecular weight is 415 g/mol. The van der Waals surface area contributed by atoms with Gasteiger partial charge in [0.1, 0.15) is 12.4 Å². The predicted molar refractivity (Wildman–Crippen MR) is 128 cm³/mol. The Hall–Kier alpha value is -1.02. The summed E-state index contributed by atoms with van der Waals surface area (Å²) in [6.45, 7) is 20.3. The van der Waals surface area contributed by atoms with Crippen LogP contribution >= 0.6 is 0 Å². The van der Waals surface area contributed by atoms with Crippen LogP contribution in [0.15, 0.2) is 12.1 Å². The number of ether oxygens (including phenoxy) is 2. The minimum Gasteiger partial charge on any atom is -0.491 e. The van der Waals surface area contributed by atoms with E-state index in [1.54, 1.807) is 7.11 Å². The maximum absolute atomic E-state index is 6.32. The summed E-state index contributed by atoms with van der Waals surface area (Å²) in [5.41, 5.74) is 4.81. The second kappa shape index (κ2) is 8.85. The van der Waals surface area contributed by atoms with Gasteiger partial charge < -0.3 is 9.47 Å². The molecule has 0 saturated heterocycles. The van der Waals surface area contributed by atoms with Gasteiger partial charge in [-0.1, -0.05) is 61.0 Å². The highest BCUT2D eigenvalue weighted by molar-refractivity contribution is 5.48. The third-order valence-electron chi connectivity index (χ3n) is 8.09. The van der Waals surface area contributed by atoms with E-state index in [0.717, 1.165) is 29.4 Å². The van der Waals surface area contributed by atoms with Gasteiger partial charge in [0.05, 0.1) is 6.61 Å². The molecule has 0 aliphatic heterocycles. The molecule has 2 aliphatic rings. The van der Waals surface area contributed by atoms with E-state index in [0.29, 0.717) is 24.5 Å². The molecule has 3 rings (SSSR count). The fourth-order valence-electron chi connectivity index (χ4n) is 7.28. The molecule has 2 fully saturated rings. The van der Waals surface area contributed by atoms with Crippen molar-refractivity contribution in [2.75, 3.05) is 20.3 Å². The average Bonchev–Trinajstić information content (AvgIpc) is 3.17. The summed E-state index contributed by atoms with van der Waals surface area (Å²) < 4.78 is 11.6. The number of methoxy groups -OCH3 is 1. The summed E-state index contributed by atoms with van der Waals surface area (Å²) in [6.07, 6.45) is 5.24. The number of aryl methyl sites for hydroxylation is 1. The summed E-state index contributed by atoms with van der Waals surface area (Å²) in [6, 6.07) is 4.88. The van der Waals surface area contributed by atoms with Crippen LogP contribution in [-0.2, 0) is 10.2 Å². The van der Waals surface area contributed by atoms with E-state index in [4.69, 9.17) is 9.47 Å². The Morgan fingerprint density at radius 3 is 2.30 bits per heavy atom. The zero-order valence-corrected chi connectivity index (χ0v) is 21.1. The van der Waals surface area contributed by atoms with E-state index >= 15 is 0 Å². The Balaban J connectivity index is 2.01. The van der Waals surface area contributed by atoms with Crippen LogP contribution in [0.5, 0.6) is 5.75 Å². The molecular weight excluding hydrogens is 368 g/mol. The first-order valence-electron chi connectivity index (χ1n) is 12.2. The van der Waals surface area contributed by atoms with Crippen LogP contribution in [0.4, 0.5) is 0 Å². The van der Waals surface area contributed by atoms with Crippen molar-refractivity contribution < 1.29 is 9.47 Å². The molecule has 0 heterocycles. The van der Waals surface area contributed by atoms with Crippen molar-refractivity contribution in [3.05, 3.63) is 28.8 Å². The van der Waals surface area contributed by atoms with Crippen molar-refractivity contribution in [2.45, 2.75) is 92.4 Å². The molecule has 2 heteroatoms. The molecule has 170 valence electrons. The third-order valence-corrected chi connectivity index (χ3v) is 8.09. The Bertz CT molecular complexity index is 727. The highest BCUT2D eigenvalue weighted by Crippen LogP contribution is 2.61. The molecule has 0 radical (unpaired) electrons. The fourth-order valence-corrected chi connectivity index (χ4v) is 7.28. The molecule has 2 nitrogen and oxygen atoms in total. The lowest BCUT2D eigenvalue weighted by Gasteiger charge is -2.37. The summed E-state index contributed by atoms with van der Waals surface area (Å²) >= 11 is 0. The van der Waals surface area contributed by atoms with Gasteiger partial charge in [-0.25, -0.2) is 0 Å². The molecule has 2 bridgehead atoms. The van der Waals surface area contributed by atoms with Crippen LogP contribution in [-0.4, -0.2) is 20.3 Å². The van der Waals surface area contributed by atoms with E-state index in [-0.39, 0.29) is 5.41 Å². The zero-order valence-electron chi connectivity index (χ0n) is 21.1. The number of fused-ring (bicyclic) bond motifs is 2. The van der Waals surface area contributed by atoms with Gasteiger partial charge in [0.25, 0.3) is 0 Å². The molecule has 2 saturated carbocycles. The van der Waals surface area contributed by atoms with E-state index in [9.17, 15) is 0 Å². The van der Waals surface area contributed by atoms with Crippen molar-refractivity contribution in [1.82, 2.24) is 0 Å². The molecule has 2 aliphatic carbocycles. The maximum Gasteiger partial charge on any atom is 0.123 e. The second-order valence-electron chi connectivity index (χ2n) is 12.1. The van der Waals surface area contributed by atoms with E-state index < -0.39 is 0 Å². The molecule has 5 atom stereocenters. The molecule has 30 heavy (non-hydrogen) atoms. The Morgan fingerprint density at radius 2 is 1.73 bits per heavy atom. The lowest BCUT2D eigenvalue weighted by atomic mass is 9.68. The maximum atomic E-state index is 6.32. The van der Waals surface area contributed by atoms with Crippen molar-refractivity contribution >= 4 is 0 Å². The number of hydrogen-bond donors (Lipinski definition) is 0. The molecule has 1 aromatic carbocycles. The van der Waals surface area contributed by atoms with Crippen LogP contribution in [0.3, 0.4) is 0 Å². The molecule has 0 amide bonds. The monoisotopic (exact) mass is 414 g/mol. The van der Waals surface area contributed by atoms with Gasteiger partial charge in [0, 0.05) is 7.11 Å². The summed E-state index contributed by atoms with van der Waals surface area (Å²) in [4.78, 5) is 0. The smallest absolute Gasteiger partial charge is 0.123 e. The van der Waals surface area contributed by atoms with Crippen molar-refractivity contribution in [3.63, 3.8) is 0 Å². The van der Waals surface area contributed by atoms with Crippen LogP contribution in [0.1, 0.15) is 96.8 Å². The molecule has 0 aromatic heterocycles. The molecular formula is C28H46O2. The first kappa shape index (κ1) is 23.6. The number of benzene rings is 1. The van der Waals surface area contributed by atoms with Gasteiger partial charge in [-0.15, -0.1) is 0 Å². The lowest BCUT2D eigenvalue weighted by Crippen LogP contribution is -2.28. The molecule has 0 N–H and O–H groups in total. The SMILES string of the molecule is CCC1C(C)C2CC(c3cc(C(C)(C)CC(C)(C)C)c(C)cc3OCCOC)C1C2. The van der Waals surface area contributed by atoms with Crippen LogP contribution in [0, 0.1) is 36.0 Å². The Kier molecular flexibility index (Phi) is 6.97. The minimum atomic E-state index is 0.150. The first-order chi connectivity index (χ1) is 14.0. The molecule has 5 unspecified atom stereocenters. The number of rotatable bonds is 8. The largest absolute Gasteiger partial charge is 0.491 e. The normalized spacial score (nSPS) is 28.9. The summed E-state index contributed by atoms with van der Waals surface area (Å²) in [5.74, 6) is 5.23. The standard InChI is InChI=1S/C28H46O2/c1-10-21-19(3)20-14-22(21)23(15-20)24-16-25(28(7,8)17-27(4,5)6)18(2)13-26(24)30-12-11-29-9/h13,16,19-23H,10-12,14-15,17H2,1-9H3. The molecule has 1 aromatic rings. The molecule has 0 spiro atoms. The van der Waals surface area contributed by atoms with Gasteiger partial charge >= 0.3 is 0 Å². The lowest BCUT2D eigenvalue weighted by molar-refractivity contribution is 0.144. The van der Waals surface area contributed by atoms with Crippen LogP contribution in [0.25, 0.3) is 0 Å². The fraction of sp³-hybridized carbons (Fsp3) is 0.786.